The van der Waals surface area contributed by atoms with E-state index in [2.05, 4.69) is 11.9 Å². The third-order valence-electron chi connectivity index (χ3n) is 2.88. The second-order valence-electron chi connectivity index (χ2n) is 4.30. The van der Waals surface area contributed by atoms with Gasteiger partial charge in [0.15, 0.2) is 0 Å². The van der Waals surface area contributed by atoms with Crippen LogP contribution >= 0.6 is 0 Å². The molecule has 0 aromatic heterocycles. The van der Waals surface area contributed by atoms with Crippen LogP contribution in [0.4, 0.5) is 0 Å². The summed E-state index contributed by atoms with van der Waals surface area (Å²) in [6.45, 7) is 4.11. The Morgan fingerprint density at radius 2 is 1.93 bits per heavy atom. The molecule has 1 aliphatic rings. The van der Waals surface area contributed by atoms with E-state index in [4.69, 9.17) is 5.11 Å². The molecule has 86 valence electrons. The minimum Gasteiger partial charge on any atom is -0.478 e. The Morgan fingerprint density at radius 1 is 1.33 bits per heavy atom. The Balaban J connectivity index is 2.24. The van der Waals surface area contributed by atoms with E-state index in [0.29, 0.717) is 6.54 Å². The lowest BCUT2D eigenvalue weighted by Gasteiger charge is -2.32. The summed E-state index contributed by atoms with van der Waals surface area (Å²) < 4.78 is 0. The second-order valence-corrected chi connectivity index (χ2v) is 4.30. The van der Waals surface area contributed by atoms with E-state index in [1.807, 2.05) is 0 Å². The maximum Gasteiger partial charge on any atom is 0.332 e. The highest BCUT2D eigenvalue weighted by Gasteiger charge is 2.28. The SMILES string of the molecule is C=C(CNCC1(O)CCCCC1)C(=O)O. The van der Waals surface area contributed by atoms with Gasteiger partial charge in [-0.1, -0.05) is 25.8 Å². The van der Waals surface area contributed by atoms with Crippen LogP contribution in [0.15, 0.2) is 12.2 Å². The highest BCUT2D eigenvalue weighted by molar-refractivity contribution is 5.86. The molecule has 1 rings (SSSR count). The molecule has 4 heteroatoms. The summed E-state index contributed by atoms with van der Waals surface area (Å²) in [6, 6.07) is 0. The minimum absolute atomic E-state index is 0.134. The van der Waals surface area contributed by atoms with Crippen LogP contribution in [0.1, 0.15) is 32.1 Å². The molecule has 0 bridgehead atoms. The largest absolute Gasteiger partial charge is 0.478 e. The maximum absolute atomic E-state index is 10.5. The third kappa shape index (κ3) is 4.01. The summed E-state index contributed by atoms with van der Waals surface area (Å²) >= 11 is 0. The third-order valence-corrected chi connectivity index (χ3v) is 2.88. The van der Waals surface area contributed by atoms with E-state index < -0.39 is 11.6 Å². The summed E-state index contributed by atoms with van der Waals surface area (Å²) in [5, 5.41) is 21.6. The Kier molecular flexibility index (Phi) is 4.29. The molecule has 0 atom stereocenters. The Hall–Kier alpha value is -0.870. The Bertz CT molecular complexity index is 244. The maximum atomic E-state index is 10.5. The van der Waals surface area contributed by atoms with Gasteiger partial charge in [0.2, 0.25) is 0 Å². The molecule has 0 unspecified atom stereocenters. The number of aliphatic carboxylic acids is 1. The van der Waals surface area contributed by atoms with Gasteiger partial charge in [-0.25, -0.2) is 4.79 Å². The van der Waals surface area contributed by atoms with Gasteiger partial charge < -0.3 is 15.5 Å². The zero-order valence-corrected chi connectivity index (χ0v) is 8.96. The van der Waals surface area contributed by atoms with Crippen molar-refractivity contribution >= 4 is 5.97 Å². The number of rotatable bonds is 5. The van der Waals surface area contributed by atoms with Crippen LogP contribution in [0.5, 0.6) is 0 Å². The molecule has 0 saturated heterocycles. The number of carboxylic acids is 1. The number of nitrogens with one attached hydrogen (secondary N) is 1. The molecule has 0 aliphatic heterocycles. The van der Waals surface area contributed by atoms with Crippen molar-refractivity contribution in [2.45, 2.75) is 37.7 Å². The molecule has 0 aromatic rings. The standard InChI is InChI=1S/C11H19NO3/c1-9(10(13)14)7-12-8-11(15)5-3-2-4-6-11/h12,15H,1-8H2,(H,13,14). The van der Waals surface area contributed by atoms with Gasteiger partial charge in [0.05, 0.1) is 5.60 Å². The van der Waals surface area contributed by atoms with Crippen LogP contribution in [0.25, 0.3) is 0 Å². The molecular weight excluding hydrogens is 194 g/mol. The summed E-state index contributed by atoms with van der Waals surface area (Å²) in [4.78, 5) is 10.5. The lowest BCUT2D eigenvalue weighted by Crippen LogP contribution is -2.42. The molecule has 3 N–H and O–H groups in total. The average Bonchev–Trinajstić information content (AvgIpc) is 2.18. The first-order valence-electron chi connectivity index (χ1n) is 5.38. The van der Waals surface area contributed by atoms with Crippen molar-refractivity contribution in [1.82, 2.24) is 5.32 Å². The Labute approximate surface area is 90.0 Å². The number of hydrogen-bond acceptors (Lipinski definition) is 3. The Morgan fingerprint density at radius 3 is 2.47 bits per heavy atom. The summed E-state index contributed by atoms with van der Waals surface area (Å²) in [5.74, 6) is -0.988. The number of carbonyl (C=O) groups is 1. The van der Waals surface area contributed by atoms with Gasteiger partial charge in [-0.05, 0) is 12.8 Å². The normalized spacial score (nSPS) is 19.8. The number of aliphatic hydroxyl groups is 1. The quantitative estimate of drug-likeness (QED) is 0.594. The molecule has 1 saturated carbocycles. The molecule has 0 aromatic carbocycles. The summed E-state index contributed by atoms with van der Waals surface area (Å²) in [5.41, 5.74) is -0.508. The van der Waals surface area contributed by atoms with Gasteiger partial charge in [-0.3, -0.25) is 0 Å². The first-order valence-corrected chi connectivity index (χ1v) is 5.38. The van der Waals surface area contributed by atoms with E-state index in [-0.39, 0.29) is 12.1 Å². The predicted octanol–water partition coefficient (Wildman–Crippen LogP) is 0.912. The number of hydrogen-bond donors (Lipinski definition) is 3. The molecule has 0 amide bonds. The fraction of sp³-hybridized carbons (Fsp3) is 0.727. The first kappa shape index (κ1) is 12.2. The zero-order valence-electron chi connectivity index (χ0n) is 8.96. The van der Waals surface area contributed by atoms with E-state index >= 15 is 0 Å². The van der Waals surface area contributed by atoms with Crippen LogP contribution in [-0.4, -0.2) is 34.9 Å². The first-order chi connectivity index (χ1) is 7.03. The minimum atomic E-state index is -0.988. The molecule has 4 nitrogen and oxygen atoms in total. The molecule has 1 aliphatic carbocycles. The van der Waals surface area contributed by atoms with Crippen molar-refractivity contribution in [3.05, 3.63) is 12.2 Å². The second kappa shape index (κ2) is 5.28. The predicted molar refractivity (Wildman–Crippen MR) is 57.7 cm³/mol. The molecule has 0 spiro atoms. The van der Waals surface area contributed by atoms with Gasteiger partial charge in [-0.15, -0.1) is 0 Å². The molecule has 0 radical (unpaired) electrons. The zero-order chi connectivity index (χ0) is 11.3. The average molecular weight is 213 g/mol. The lowest BCUT2D eigenvalue weighted by atomic mass is 9.85. The summed E-state index contributed by atoms with van der Waals surface area (Å²) in [6.07, 6.45) is 4.90. The topological polar surface area (TPSA) is 69.6 Å². The van der Waals surface area contributed by atoms with Crippen molar-refractivity contribution in [1.29, 1.82) is 0 Å². The molecular formula is C11H19NO3. The van der Waals surface area contributed by atoms with Gasteiger partial charge in [0.25, 0.3) is 0 Å². The molecule has 1 fully saturated rings. The fourth-order valence-corrected chi connectivity index (χ4v) is 1.91. The van der Waals surface area contributed by atoms with Crippen molar-refractivity contribution in [3.8, 4) is 0 Å². The smallest absolute Gasteiger partial charge is 0.332 e. The molecule has 0 heterocycles. The van der Waals surface area contributed by atoms with Gasteiger partial charge in [0.1, 0.15) is 0 Å². The van der Waals surface area contributed by atoms with Crippen molar-refractivity contribution < 1.29 is 15.0 Å². The van der Waals surface area contributed by atoms with Gasteiger partial charge in [0, 0.05) is 18.7 Å². The highest BCUT2D eigenvalue weighted by Crippen LogP contribution is 2.27. The van der Waals surface area contributed by atoms with Crippen molar-refractivity contribution in [2.24, 2.45) is 0 Å². The van der Waals surface area contributed by atoms with Gasteiger partial charge >= 0.3 is 5.97 Å². The van der Waals surface area contributed by atoms with Crippen molar-refractivity contribution in [3.63, 3.8) is 0 Å². The summed E-state index contributed by atoms with van der Waals surface area (Å²) in [7, 11) is 0. The van der Waals surface area contributed by atoms with Crippen LogP contribution < -0.4 is 5.32 Å². The number of carboxylic acid groups (broad SMARTS) is 1. The monoisotopic (exact) mass is 213 g/mol. The van der Waals surface area contributed by atoms with E-state index in [0.717, 1.165) is 25.7 Å². The van der Waals surface area contributed by atoms with E-state index in [1.54, 1.807) is 0 Å². The van der Waals surface area contributed by atoms with E-state index in [9.17, 15) is 9.90 Å². The lowest BCUT2D eigenvalue weighted by molar-refractivity contribution is -0.132. The van der Waals surface area contributed by atoms with Crippen molar-refractivity contribution in [2.75, 3.05) is 13.1 Å². The van der Waals surface area contributed by atoms with Crippen LogP contribution in [0, 0.1) is 0 Å². The van der Waals surface area contributed by atoms with Crippen LogP contribution in [0.2, 0.25) is 0 Å². The fourth-order valence-electron chi connectivity index (χ4n) is 1.91. The highest BCUT2D eigenvalue weighted by atomic mass is 16.4. The van der Waals surface area contributed by atoms with E-state index in [1.165, 1.54) is 6.42 Å². The molecule has 15 heavy (non-hydrogen) atoms. The van der Waals surface area contributed by atoms with Gasteiger partial charge in [-0.2, -0.15) is 0 Å². The van der Waals surface area contributed by atoms with Crippen LogP contribution in [-0.2, 0) is 4.79 Å². The van der Waals surface area contributed by atoms with Crippen LogP contribution in [0.3, 0.4) is 0 Å².